The molecule has 2 saturated heterocycles. The number of aryl methyl sites for hydroxylation is 2. The van der Waals surface area contributed by atoms with E-state index in [1.165, 1.54) is 0 Å². The Morgan fingerprint density at radius 1 is 1.11 bits per heavy atom. The molecular weight excluding hydrogens is 580 g/mol. The number of piperazine rings is 1. The van der Waals surface area contributed by atoms with Crippen molar-refractivity contribution >= 4 is 21.8 Å². The number of sulfonamides is 1. The quantitative estimate of drug-likeness (QED) is 0.272. The third-order valence-electron chi connectivity index (χ3n) is 9.02. The van der Waals surface area contributed by atoms with Crippen molar-refractivity contribution in [1.29, 1.82) is 0 Å². The fraction of sp³-hybridized carbons (Fsp3) is 0.656. The van der Waals surface area contributed by atoms with Gasteiger partial charge in [-0.05, 0) is 69.6 Å². The number of piperidine rings is 1. The molecule has 1 spiro atoms. The number of aromatic amines is 1. The minimum atomic E-state index is -3.65. The van der Waals surface area contributed by atoms with Crippen molar-refractivity contribution in [2.24, 2.45) is 5.92 Å². The Morgan fingerprint density at radius 2 is 1.80 bits per heavy atom. The zero-order valence-electron chi connectivity index (χ0n) is 27.1. The molecule has 0 saturated carbocycles. The number of likely N-dealkylation sites (tertiary alicyclic amines) is 1. The molecule has 44 heavy (non-hydrogen) atoms. The number of hydrogen-bond acceptors (Lipinski definition) is 7. The number of carbonyl (C=O) groups is 2. The average molecular weight is 631 g/mol. The number of aromatic nitrogens is 2. The van der Waals surface area contributed by atoms with Crippen LogP contribution in [0.3, 0.4) is 0 Å². The molecule has 2 aliphatic heterocycles. The van der Waals surface area contributed by atoms with Gasteiger partial charge < -0.3 is 15.0 Å². The monoisotopic (exact) mass is 630 g/mol. The number of H-pyrrole nitrogens is 1. The molecule has 1 aromatic carbocycles. The third-order valence-corrected chi connectivity index (χ3v) is 10.5. The van der Waals surface area contributed by atoms with Gasteiger partial charge in [-0.15, -0.1) is 0 Å². The van der Waals surface area contributed by atoms with Crippen LogP contribution in [0.15, 0.2) is 29.2 Å². The highest BCUT2D eigenvalue weighted by Crippen LogP contribution is 2.40. The Balaban J connectivity index is 1.60. The maximum atomic E-state index is 13.8. The van der Waals surface area contributed by atoms with E-state index >= 15 is 0 Å². The van der Waals surface area contributed by atoms with Crippen molar-refractivity contribution in [2.75, 3.05) is 39.9 Å². The molecule has 0 aliphatic carbocycles. The lowest BCUT2D eigenvalue weighted by Crippen LogP contribution is -2.73. The van der Waals surface area contributed by atoms with E-state index < -0.39 is 21.6 Å². The molecule has 12 heteroatoms. The van der Waals surface area contributed by atoms with Gasteiger partial charge in [-0.1, -0.05) is 39.3 Å². The molecule has 1 aromatic heterocycles. The minimum absolute atomic E-state index is 0.0332. The van der Waals surface area contributed by atoms with E-state index in [0.29, 0.717) is 64.4 Å². The summed E-state index contributed by atoms with van der Waals surface area (Å²) >= 11 is 0. The molecule has 2 amide bonds. The van der Waals surface area contributed by atoms with Crippen LogP contribution in [0.4, 0.5) is 0 Å². The second-order valence-electron chi connectivity index (χ2n) is 12.6. The summed E-state index contributed by atoms with van der Waals surface area (Å²) in [6.07, 6.45) is 4.05. The lowest BCUT2D eigenvalue weighted by molar-refractivity contribution is -0.162. The normalized spacial score (nSPS) is 20.0. The number of nitrogens with one attached hydrogen (secondary N) is 3. The van der Waals surface area contributed by atoms with Crippen LogP contribution in [0.25, 0.3) is 0 Å². The first-order valence-electron chi connectivity index (χ1n) is 15.9. The van der Waals surface area contributed by atoms with E-state index in [-0.39, 0.29) is 22.8 Å². The summed E-state index contributed by atoms with van der Waals surface area (Å²) in [4.78, 5) is 32.0. The molecule has 2 fully saturated rings. The second kappa shape index (κ2) is 14.5. The van der Waals surface area contributed by atoms with Crippen LogP contribution in [0.2, 0.25) is 0 Å². The van der Waals surface area contributed by atoms with Gasteiger partial charge in [-0.2, -0.15) is 5.10 Å². The fourth-order valence-corrected chi connectivity index (χ4v) is 7.73. The number of methoxy groups -OCH3 is 1. The summed E-state index contributed by atoms with van der Waals surface area (Å²) in [7, 11) is -2.07. The van der Waals surface area contributed by atoms with Gasteiger partial charge in [0.05, 0.1) is 16.6 Å². The van der Waals surface area contributed by atoms with Gasteiger partial charge in [0.2, 0.25) is 21.8 Å². The van der Waals surface area contributed by atoms with Crippen molar-refractivity contribution in [2.45, 2.75) is 95.7 Å². The van der Waals surface area contributed by atoms with Crippen molar-refractivity contribution < 1.29 is 22.7 Å². The lowest BCUT2D eigenvalue weighted by atomic mass is 9.79. The summed E-state index contributed by atoms with van der Waals surface area (Å²) in [5.41, 5.74) is 2.93. The zero-order chi connectivity index (χ0) is 32.1. The second-order valence-corrected chi connectivity index (χ2v) is 14.4. The molecule has 0 bridgehead atoms. The van der Waals surface area contributed by atoms with Crippen LogP contribution in [0.5, 0.6) is 0 Å². The molecule has 3 heterocycles. The van der Waals surface area contributed by atoms with Gasteiger partial charge in [0, 0.05) is 51.2 Å². The summed E-state index contributed by atoms with van der Waals surface area (Å²) in [6.45, 7) is 12.7. The number of amides is 2. The van der Waals surface area contributed by atoms with Gasteiger partial charge in [-0.25, -0.2) is 13.1 Å². The van der Waals surface area contributed by atoms with Crippen molar-refractivity contribution in [3.8, 4) is 0 Å². The first-order valence-corrected chi connectivity index (χ1v) is 17.4. The van der Waals surface area contributed by atoms with E-state index in [0.717, 1.165) is 35.4 Å². The van der Waals surface area contributed by atoms with Crippen LogP contribution >= 0.6 is 0 Å². The van der Waals surface area contributed by atoms with Crippen LogP contribution in [-0.4, -0.2) is 91.7 Å². The molecular formula is C32H50N6O5S. The van der Waals surface area contributed by atoms with Crippen molar-refractivity contribution in [3.63, 3.8) is 0 Å². The van der Waals surface area contributed by atoms with Crippen LogP contribution in [-0.2, 0) is 24.3 Å². The molecule has 0 radical (unpaired) electrons. The van der Waals surface area contributed by atoms with Crippen LogP contribution in [0.1, 0.15) is 87.9 Å². The van der Waals surface area contributed by atoms with Gasteiger partial charge in [0.1, 0.15) is 11.6 Å². The maximum Gasteiger partial charge on any atom is 0.246 e. The predicted molar refractivity (Wildman–Crippen MR) is 170 cm³/mol. The van der Waals surface area contributed by atoms with Gasteiger partial charge in [0.15, 0.2) is 0 Å². The lowest BCUT2D eigenvalue weighted by Gasteiger charge is -2.52. The Hall–Kier alpha value is -2.80. The van der Waals surface area contributed by atoms with E-state index in [4.69, 9.17) is 4.74 Å². The van der Waals surface area contributed by atoms with E-state index in [1.807, 2.05) is 30.9 Å². The largest absolute Gasteiger partial charge is 0.385 e. The van der Waals surface area contributed by atoms with E-state index in [2.05, 4.69) is 45.9 Å². The third kappa shape index (κ3) is 7.19. The molecule has 3 N–H and O–H groups in total. The SMILES string of the molecule is CCCCN1C(=O)[C@H](CC(C)C)NC(=O)C12CCN(C(c1ccc(S(=O)(=O)NCCCOC)cc1)c1c(C)n[nH]c1C)CC2. The number of hydrogen-bond donors (Lipinski definition) is 3. The molecule has 2 atom stereocenters. The van der Waals surface area contributed by atoms with E-state index in [1.54, 1.807) is 19.2 Å². The summed E-state index contributed by atoms with van der Waals surface area (Å²) in [5.74, 6) is 0.285. The first kappa shape index (κ1) is 34.1. The predicted octanol–water partition coefficient (Wildman–Crippen LogP) is 3.44. The topological polar surface area (TPSA) is 137 Å². The number of carbonyl (C=O) groups excluding carboxylic acids is 2. The smallest absolute Gasteiger partial charge is 0.246 e. The standard InChI is InChI=1S/C32H50N6O5S/c1-7-8-17-38-30(39)27(21-22(2)3)34-31(40)32(38)14-18-37(19-15-32)29(28-23(4)35-36-24(28)5)25-10-12-26(13-11-25)44(41,42)33-16-9-20-43-6/h10-13,22,27,29,33H,7-9,14-21H2,1-6H3,(H,34,40)(H,35,36)/t27-,29?/m0/s1. The number of benzene rings is 1. The van der Waals surface area contributed by atoms with Gasteiger partial charge in [-0.3, -0.25) is 19.6 Å². The molecule has 2 aliphatic rings. The highest BCUT2D eigenvalue weighted by molar-refractivity contribution is 7.89. The fourth-order valence-electron chi connectivity index (χ4n) is 6.65. The number of nitrogens with zero attached hydrogens (tertiary/aromatic N) is 3. The molecule has 11 nitrogen and oxygen atoms in total. The molecule has 2 aromatic rings. The summed E-state index contributed by atoms with van der Waals surface area (Å²) in [5, 5.41) is 10.7. The van der Waals surface area contributed by atoms with Crippen LogP contribution < -0.4 is 10.0 Å². The minimum Gasteiger partial charge on any atom is -0.385 e. The van der Waals surface area contributed by atoms with Gasteiger partial charge in [0.25, 0.3) is 0 Å². The van der Waals surface area contributed by atoms with E-state index in [9.17, 15) is 18.0 Å². The zero-order valence-corrected chi connectivity index (χ0v) is 27.9. The molecule has 244 valence electrons. The first-order chi connectivity index (χ1) is 20.9. The molecule has 1 unspecified atom stereocenters. The summed E-state index contributed by atoms with van der Waals surface area (Å²) < 4.78 is 33.4. The maximum absolute atomic E-state index is 13.8. The van der Waals surface area contributed by atoms with Crippen molar-refractivity contribution in [1.82, 2.24) is 30.0 Å². The number of unbranched alkanes of at least 4 members (excludes halogenated alkanes) is 1. The number of rotatable bonds is 14. The summed E-state index contributed by atoms with van der Waals surface area (Å²) in [6, 6.07) is 6.35. The Kier molecular flexibility index (Phi) is 11.3. The number of ether oxygens (including phenoxy) is 1. The average Bonchev–Trinajstić information content (AvgIpc) is 3.32. The highest BCUT2D eigenvalue weighted by Gasteiger charge is 2.54. The Labute approximate surface area is 262 Å². The highest BCUT2D eigenvalue weighted by atomic mass is 32.2. The van der Waals surface area contributed by atoms with Crippen LogP contribution in [0, 0.1) is 19.8 Å². The molecule has 4 rings (SSSR count). The Morgan fingerprint density at radius 3 is 2.36 bits per heavy atom. The Bertz CT molecular complexity index is 1360. The van der Waals surface area contributed by atoms with Gasteiger partial charge >= 0.3 is 0 Å². The van der Waals surface area contributed by atoms with Crippen molar-refractivity contribution in [3.05, 3.63) is 46.8 Å².